The molecule has 31 heavy (non-hydrogen) atoms. The summed E-state index contributed by atoms with van der Waals surface area (Å²) in [5, 5.41) is 5.08. The van der Waals surface area contributed by atoms with Gasteiger partial charge in [-0.05, 0) is 36.8 Å². The number of rotatable bonds is 6. The number of amides is 4. The van der Waals surface area contributed by atoms with Gasteiger partial charge in [-0.1, -0.05) is 30.0 Å². The third-order valence-electron chi connectivity index (χ3n) is 4.90. The molecule has 1 saturated heterocycles. The van der Waals surface area contributed by atoms with Gasteiger partial charge in [0.15, 0.2) is 11.5 Å². The maximum absolute atomic E-state index is 13.0. The summed E-state index contributed by atoms with van der Waals surface area (Å²) < 4.78 is 36.0. The molecule has 2 heterocycles. The van der Waals surface area contributed by atoms with Crippen molar-refractivity contribution in [1.29, 1.82) is 0 Å². The van der Waals surface area contributed by atoms with Crippen LogP contribution < -0.4 is 20.1 Å². The van der Waals surface area contributed by atoms with Crippen LogP contribution in [0.25, 0.3) is 0 Å². The van der Waals surface area contributed by atoms with Gasteiger partial charge in [0.2, 0.25) is 12.7 Å². The van der Waals surface area contributed by atoms with Crippen molar-refractivity contribution in [1.82, 2.24) is 10.2 Å². The average molecular weight is 449 g/mol. The Bertz CT molecular complexity index is 1070. The van der Waals surface area contributed by atoms with E-state index in [1.165, 1.54) is 19.1 Å². The highest BCUT2D eigenvalue weighted by molar-refractivity contribution is 7.99. The molecule has 1 atom stereocenters. The van der Waals surface area contributed by atoms with E-state index in [1.54, 1.807) is 30.3 Å². The second-order valence-electron chi connectivity index (χ2n) is 6.94. The number of hydrogen-bond acceptors (Lipinski definition) is 6. The van der Waals surface area contributed by atoms with Gasteiger partial charge in [-0.25, -0.2) is 4.79 Å². The molecule has 4 rings (SSSR count). The number of hydrogen-bond donors (Lipinski definition) is 2. The molecule has 11 heteroatoms. The molecule has 0 saturated carbocycles. The first-order chi connectivity index (χ1) is 14.8. The summed E-state index contributed by atoms with van der Waals surface area (Å²) in [6.45, 7) is 1.02. The van der Waals surface area contributed by atoms with Gasteiger partial charge < -0.3 is 20.1 Å². The number of halogens is 2. The van der Waals surface area contributed by atoms with Crippen molar-refractivity contribution in [3.63, 3.8) is 0 Å². The highest BCUT2D eigenvalue weighted by atomic mass is 32.2. The van der Waals surface area contributed by atoms with E-state index in [9.17, 15) is 23.2 Å². The van der Waals surface area contributed by atoms with E-state index in [-0.39, 0.29) is 29.1 Å². The molecule has 8 nitrogen and oxygen atoms in total. The number of carbonyl (C=O) groups is 3. The van der Waals surface area contributed by atoms with Crippen LogP contribution in [-0.4, -0.2) is 41.8 Å². The molecule has 2 aromatic carbocycles. The summed E-state index contributed by atoms with van der Waals surface area (Å²) in [6, 6.07) is 10.2. The number of nitrogens with zero attached hydrogens (tertiary/aromatic N) is 1. The fourth-order valence-electron chi connectivity index (χ4n) is 3.35. The molecule has 2 aliphatic heterocycles. The fourth-order valence-corrected chi connectivity index (χ4v) is 3.94. The van der Waals surface area contributed by atoms with E-state index >= 15 is 0 Å². The highest BCUT2D eigenvalue weighted by Gasteiger charge is 2.49. The van der Waals surface area contributed by atoms with Crippen LogP contribution in [-0.2, 0) is 15.1 Å². The molecular formula is C20H17F2N3O5S. The van der Waals surface area contributed by atoms with Crippen molar-refractivity contribution in [2.24, 2.45) is 0 Å². The molecule has 0 bridgehead atoms. The van der Waals surface area contributed by atoms with Crippen molar-refractivity contribution in [3.8, 4) is 11.5 Å². The van der Waals surface area contributed by atoms with Crippen LogP contribution in [0, 0.1) is 0 Å². The summed E-state index contributed by atoms with van der Waals surface area (Å²) in [7, 11) is 0. The van der Waals surface area contributed by atoms with Crippen molar-refractivity contribution in [3.05, 3.63) is 48.0 Å². The number of alkyl halides is 2. The topological polar surface area (TPSA) is 97.0 Å². The largest absolute Gasteiger partial charge is 0.454 e. The Morgan fingerprint density at radius 3 is 2.74 bits per heavy atom. The predicted octanol–water partition coefficient (Wildman–Crippen LogP) is 3.14. The third-order valence-corrected chi connectivity index (χ3v) is 5.69. The van der Waals surface area contributed by atoms with E-state index in [0.717, 1.165) is 4.90 Å². The van der Waals surface area contributed by atoms with Crippen molar-refractivity contribution in [2.45, 2.75) is 23.1 Å². The Kier molecular flexibility index (Phi) is 5.44. The summed E-state index contributed by atoms with van der Waals surface area (Å²) in [4.78, 5) is 38.9. The van der Waals surface area contributed by atoms with Gasteiger partial charge in [0, 0.05) is 4.90 Å². The maximum atomic E-state index is 13.0. The quantitative estimate of drug-likeness (QED) is 0.520. The molecule has 0 spiro atoms. The smallest absolute Gasteiger partial charge is 0.325 e. The summed E-state index contributed by atoms with van der Waals surface area (Å²) >= 11 is 0.288. The molecule has 2 aromatic rings. The van der Waals surface area contributed by atoms with Gasteiger partial charge in [0.25, 0.3) is 11.7 Å². The molecule has 1 fully saturated rings. The molecule has 162 valence electrons. The molecular weight excluding hydrogens is 432 g/mol. The lowest BCUT2D eigenvalue weighted by Crippen LogP contribution is -2.42. The third kappa shape index (κ3) is 4.00. The predicted molar refractivity (Wildman–Crippen MR) is 107 cm³/mol. The lowest BCUT2D eigenvalue weighted by Gasteiger charge is -2.22. The lowest BCUT2D eigenvalue weighted by molar-refractivity contribution is -0.133. The Hall–Kier alpha value is -3.34. The summed E-state index contributed by atoms with van der Waals surface area (Å²) in [5.41, 5.74) is -0.762. The zero-order valence-electron chi connectivity index (χ0n) is 16.2. The summed E-state index contributed by atoms with van der Waals surface area (Å²) in [6.07, 6.45) is 0. The number of thioether (sulfide) groups is 1. The van der Waals surface area contributed by atoms with Crippen LogP contribution in [0.3, 0.4) is 0 Å². The minimum Gasteiger partial charge on any atom is -0.454 e. The Morgan fingerprint density at radius 2 is 1.97 bits per heavy atom. The van der Waals surface area contributed by atoms with Crippen LogP contribution in [0.15, 0.2) is 47.4 Å². The standard InChI is InChI=1S/C20H17F2N3O5S/c1-20(11-6-7-13-14(8-11)30-10-29-13)17(27)25(19(28)24-20)9-16(26)23-12-4-2-3-5-15(12)31-18(21)22/h2-8,18H,9-10H2,1H3,(H,23,26)(H,24,28). The second-order valence-corrected chi connectivity index (χ2v) is 7.97. The number of ether oxygens (including phenoxy) is 2. The lowest BCUT2D eigenvalue weighted by atomic mass is 9.91. The van der Waals surface area contributed by atoms with E-state index in [1.807, 2.05) is 0 Å². The van der Waals surface area contributed by atoms with E-state index in [0.29, 0.717) is 17.1 Å². The highest BCUT2D eigenvalue weighted by Crippen LogP contribution is 2.38. The molecule has 0 aromatic heterocycles. The monoisotopic (exact) mass is 449 g/mol. The average Bonchev–Trinajstić information content (AvgIpc) is 3.27. The fraction of sp³-hybridized carbons (Fsp3) is 0.250. The summed E-state index contributed by atoms with van der Waals surface area (Å²) in [5.74, 6) is -3.00. The van der Waals surface area contributed by atoms with Gasteiger partial charge in [0.05, 0.1) is 5.69 Å². The van der Waals surface area contributed by atoms with Crippen LogP contribution in [0.2, 0.25) is 0 Å². The van der Waals surface area contributed by atoms with Gasteiger partial charge in [0.1, 0.15) is 12.1 Å². The number of para-hydroxylation sites is 1. The van der Waals surface area contributed by atoms with Crippen LogP contribution >= 0.6 is 11.8 Å². The number of fused-ring (bicyclic) bond motifs is 1. The maximum Gasteiger partial charge on any atom is 0.325 e. The number of carbonyl (C=O) groups excluding carboxylic acids is 3. The number of anilines is 1. The van der Waals surface area contributed by atoms with Gasteiger partial charge >= 0.3 is 6.03 Å². The number of benzene rings is 2. The first-order valence-corrected chi connectivity index (χ1v) is 10.0. The SMILES string of the molecule is CC1(c2ccc3c(c2)OCO3)NC(=O)N(CC(=O)Nc2ccccc2SC(F)F)C1=O. The van der Waals surface area contributed by atoms with E-state index in [4.69, 9.17) is 9.47 Å². The van der Waals surface area contributed by atoms with Gasteiger partial charge in [-0.3, -0.25) is 14.5 Å². The van der Waals surface area contributed by atoms with Crippen molar-refractivity contribution < 1.29 is 32.6 Å². The Morgan fingerprint density at radius 1 is 1.23 bits per heavy atom. The van der Waals surface area contributed by atoms with Gasteiger partial charge in [-0.15, -0.1) is 0 Å². The minimum absolute atomic E-state index is 0.0629. The molecule has 2 aliphatic rings. The van der Waals surface area contributed by atoms with Crippen molar-refractivity contribution in [2.75, 3.05) is 18.7 Å². The van der Waals surface area contributed by atoms with E-state index in [2.05, 4.69) is 10.6 Å². The zero-order valence-corrected chi connectivity index (χ0v) is 17.0. The molecule has 2 N–H and O–H groups in total. The molecule has 1 unspecified atom stereocenters. The first-order valence-electron chi connectivity index (χ1n) is 9.16. The van der Waals surface area contributed by atoms with Gasteiger partial charge in [-0.2, -0.15) is 8.78 Å². The number of imide groups is 1. The van der Waals surface area contributed by atoms with E-state index < -0.39 is 35.7 Å². The zero-order chi connectivity index (χ0) is 22.2. The van der Waals surface area contributed by atoms with Crippen LogP contribution in [0.4, 0.5) is 19.3 Å². The minimum atomic E-state index is -2.66. The number of urea groups is 1. The molecule has 0 aliphatic carbocycles. The van der Waals surface area contributed by atoms with Crippen LogP contribution in [0.1, 0.15) is 12.5 Å². The number of nitrogens with one attached hydrogen (secondary N) is 2. The molecule has 4 amide bonds. The second kappa shape index (κ2) is 8.06. The first kappa shape index (κ1) is 20.9. The normalized spacial score (nSPS) is 19.7. The Labute approximate surface area is 179 Å². The van der Waals surface area contributed by atoms with Crippen molar-refractivity contribution >= 4 is 35.3 Å². The van der Waals surface area contributed by atoms with Crippen LogP contribution in [0.5, 0.6) is 11.5 Å². The molecule has 0 radical (unpaired) electrons. The Balaban J connectivity index is 1.49.